The summed E-state index contributed by atoms with van der Waals surface area (Å²) >= 11 is 0. The molecule has 0 fully saturated rings. The van der Waals surface area contributed by atoms with Gasteiger partial charge in [0.25, 0.3) is 10.1 Å². The fourth-order valence-corrected chi connectivity index (χ4v) is 1.39. The maximum atomic E-state index is 10.6. The van der Waals surface area contributed by atoms with Gasteiger partial charge in [0.1, 0.15) is 4.90 Å². The topological polar surface area (TPSA) is 105 Å². The number of carboxylic acid groups (broad SMARTS) is 1. The minimum Gasteiger partial charge on any atom is -0.478 e. The first-order valence-corrected chi connectivity index (χ1v) is 4.51. The molecule has 0 aliphatic carbocycles. The van der Waals surface area contributed by atoms with Crippen LogP contribution in [0.1, 0.15) is 10.4 Å². The van der Waals surface area contributed by atoms with Crippen molar-refractivity contribution < 1.29 is 22.9 Å². The Morgan fingerprint density at radius 1 is 1.46 bits per heavy atom. The smallest absolute Gasteiger partial charge is 0.337 e. The molecule has 0 aliphatic rings. The maximum Gasteiger partial charge on any atom is 0.337 e. The zero-order valence-corrected chi connectivity index (χ0v) is 7.02. The first-order chi connectivity index (χ1) is 5.93. The van der Waals surface area contributed by atoms with E-state index in [1.54, 1.807) is 0 Å². The molecule has 2 N–H and O–H groups in total. The standard InChI is InChI=1S/C6H5NO5S/c8-6(9)4-1-2-7-3-5(4)13(10,11)12/h1-3H,(H,8,9)(H,10,11,12). The van der Waals surface area contributed by atoms with Crippen LogP contribution in [0.25, 0.3) is 0 Å². The second-order valence-electron chi connectivity index (χ2n) is 2.15. The lowest BCUT2D eigenvalue weighted by atomic mass is 10.3. The second-order valence-corrected chi connectivity index (χ2v) is 3.54. The summed E-state index contributed by atoms with van der Waals surface area (Å²) in [4.78, 5) is 13.2. The third-order valence-electron chi connectivity index (χ3n) is 1.29. The molecule has 0 saturated heterocycles. The summed E-state index contributed by atoms with van der Waals surface area (Å²) < 4.78 is 29.8. The molecule has 13 heavy (non-hydrogen) atoms. The van der Waals surface area contributed by atoms with E-state index in [1.165, 1.54) is 0 Å². The SMILES string of the molecule is O=C(O)c1ccncc1S(=O)(=O)O. The zero-order chi connectivity index (χ0) is 10.1. The molecule has 1 heterocycles. The summed E-state index contributed by atoms with van der Waals surface area (Å²) in [6.07, 6.45) is 1.90. The normalized spacial score (nSPS) is 11.2. The number of pyridine rings is 1. The van der Waals surface area contributed by atoms with Crippen LogP contribution in [0.3, 0.4) is 0 Å². The van der Waals surface area contributed by atoms with Crippen LogP contribution in [0, 0.1) is 0 Å². The molecular weight excluding hydrogens is 198 g/mol. The van der Waals surface area contributed by atoms with E-state index in [1.807, 2.05) is 0 Å². The summed E-state index contributed by atoms with van der Waals surface area (Å²) in [5.74, 6) is -1.44. The molecule has 0 aromatic carbocycles. The van der Waals surface area contributed by atoms with E-state index in [4.69, 9.17) is 9.66 Å². The van der Waals surface area contributed by atoms with Crippen molar-refractivity contribution in [2.75, 3.05) is 0 Å². The van der Waals surface area contributed by atoms with Gasteiger partial charge in [0, 0.05) is 12.4 Å². The summed E-state index contributed by atoms with van der Waals surface area (Å²) in [6.45, 7) is 0. The molecule has 0 unspecified atom stereocenters. The fourth-order valence-electron chi connectivity index (χ4n) is 0.762. The number of hydrogen-bond donors (Lipinski definition) is 2. The van der Waals surface area contributed by atoms with Crippen LogP contribution in [-0.4, -0.2) is 29.0 Å². The summed E-state index contributed by atoms with van der Waals surface area (Å²) in [5.41, 5.74) is -0.502. The molecule has 0 radical (unpaired) electrons. The van der Waals surface area contributed by atoms with Crippen molar-refractivity contribution in [2.45, 2.75) is 4.90 Å². The van der Waals surface area contributed by atoms with Crippen LogP contribution in [0.2, 0.25) is 0 Å². The summed E-state index contributed by atoms with van der Waals surface area (Å²) in [7, 11) is -4.52. The molecule has 7 heteroatoms. The van der Waals surface area contributed by atoms with Crippen LogP contribution in [0.4, 0.5) is 0 Å². The second kappa shape index (κ2) is 3.11. The third kappa shape index (κ3) is 2.01. The van der Waals surface area contributed by atoms with Gasteiger partial charge in [0.05, 0.1) is 5.56 Å². The number of rotatable bonds is 2. The van der Waals surface area contributed by atoms with Crippen LogP contribution < -0.4 is 0 Å². The lowest BCUT2D eigenvalue weighted by Gasteiger charge is -1.99. The van der Waals surface area contributed by atoms with Crippen molar-refractivity contribution in [3.05, 3.63) is 24.0 Å². The third-order valence-corrected chi connectivity index (χ3v) is 2.17. The summed E-state index contributed by atoms with van der Waals surface area (Å²) in [5, 5.41) is 8.53. The van der Waals surface area contributed by atoms with Gasteiger partial charge in [-0.05, 0) is 6.07 Å². The molecule has 1 rings (SSSR count). The van der Waals surface area contributed by atoms with E-state index >= 15 is 0 Å². The van der Waals surface area contributed by atoms with Crippen LogP contribution in [0.15, 0.2) is 23.4 Å². The van der Waals surface area contributed by atoms with Crippen molar-refractivity contribution in [2.24, 2.45) is 0 Å². The zero-order valence-electron chi connectivity index (χ0n) is 6.21. The quantitative estimate of drug-likeness (QED) is 0.657. The lowest BCUT2D eigenvalue weighted by Crippen LogP contribution is -2.08. The first-order valence-electron chi connectivity index (χ1n) is 3.07. The van der Waals surface area contributed by atoms with Crippen molar-refractivity contribution in [3.8, 4) is 0 Å². The Hall–Kier alpha value is -1.47. The van der Waals surface area contributed by atoms with Gasteiger partial charge in [-0.1, -0.05) is 0 Å². The minimum atomic E-state index is -4.52. The van der Waals surface area contributed by atoms with Gasteiger partial charge in [0.15, 0.2) is 0 Å². The van der Waals surface area contributed by atoms with Crippen LogP contribution >= 0.6 is 0 Å². The van der Waals surface area contributed by atoms with Crippen LogP contribution in [0.5, 0.6) is 0 Å². The van der Waals surface area contributed by atoms with Gasteiger partial charge in [-0.2, -0.15) is 8.42 Å². The Kier molecular flexibility index (Phi) is 2.30. The molecule has 0 amide bonds. The van der Waals surface area contributed by atoms with Crippen molar-refractivity contribution in [1.82, 2.24) is 4.98 Å². The van der Waals surface area contributed by atoms with Gasteiger partial charge in [0.2, 0.25) is 0 Å². The number of aromatic carboxylic acids is 1. The number of hydrogen-bond acceptors (Lipinski definition) is 4. The Labute approximate surface area is 73.6 Å². The maximum absolute atomic E-state index is 10.6. The molecule has 0 spiro atoms. The molecule has 70 valence electrons. The van der Waals surface area contributed by atoms with E-state index in [-0.39, 0.29) is 0 Å². The molecule has 0 bridgehead atoms. The van der Waals surface area contributed by atoms with Gasteiger partial charge in [-0.15, -0.1) is 0 Å². The molecule has 0 atom stereocenters. The van der Waals surface area contributed by atoms with E-state index in [0.29, 0.717) is 0 Å². The van der Waals surface area contributed by atoms with E-state index < -0.39 is 26.5 Å². The summed E-state index contributed by atoms with van der Waals surface area (Å²) in [6, 6.07) is 0.992. The van der Waals surface area contributed by atoms with E-state index in [0.717, 1.165) is 18.5 Å². The number of carboxylic acids is 1. The Bertz CT molecular complexity index is 438. The van der Waals surface area contributed by atoms with Gasteiger partial charge >= 0.3 is 5.97 Å². The van der Waals surface area contributed by atoms with Gasteiger partial charge < -0.3 is 5.11 Å². The van der Waals surface area contributed by atoms with E-state index in [2.05, 4.69) is 4.98 Å². The Morgan fingerprint density at radius 2 is 2.08 bits per heavy atom. The molecule has 1 aromatic rings. The van der Waals surface area contributed by atoms with Crippen molar-refractivity contribution >= 4 is 16.1 Å². The predicted octanol–water partition coefficient (Wildman–Crippen LogP) is 0.0265. The molecule has 6 nitrogen and oxygen atoms in total. The number of carbonyl (C=O) groups is 1. The average Bonchev–Trinajstić information content (AvgIpc) is 2.03. The molecule has 0 saturated carbocycles. The molecule has 1 aromatic heterocycles. The molecular formula is C6H5NO5S. The Balaban J connectivity index is 3.46. The number of aromatic nitrogens is 1. The highest BCUT2D eigenvalue weighted by Crippen LogP contribution is 2.12. The fraction of sp³-hybridized carbons (Fsp3) is 0. The first kappa shape index (κ1) is 9.62. The predicted molar refractivity (Wildman–Crippen MR) is 41.0 cm³/mol. The molecule has 0 aliphatic heterocycles. The van der Waals surface area contributed by atoms with Crippen molar-refractivity contribution in [3.63, 3.8) is 0 Å². The average molecular weight is 203 g/mol. The minimum absolute atomic E-state index is 0.502. The van der Waals surface area contributed by atoms with E-state index in [9.17, 15) is 13.2 Å². The van der Waals surface area contributed by atoms with Crippen LogP contribution in [-0.2, 0) is 10.1 Å². The monoisotopic (exact) mass is 203 g/mol. The highest BCUT2D eigenvalue weighted by molar-refractivity contribution is 7.86. The lowest BCUT2D eigenvalue weighted by molar-refractivity contribution is 0.0692. The largest absolute Gasteiger partial charge is 0.478 e. The highest BCUT2D eigenvalue weighted by atomic mass is 32.2. The van der Waals surface area contributed by atoms with Gasteiger partial charge in [-0.3, -0.25) is 9.54 Å². The Morgan fingerprint density at radius 3 is 2.46 bits per heavy atom. The number of nitrogens with zero attached hydrogens (tertiary/aromatic N) is 1. The highest BCUT2D eigenvalue weighted by Gasteiger charge is 2.19. The van der Waals surface area contributed by atoms with Crippen molar-refractivity contribution in [1.29, 1.82) is 0 Å². The van der Waals surface area contributed by atoms with Gasteiger partial charge in [-0.25, -0.2) is 4.79 Å².